The molecule has 4 nitrogen and oxygen atoms in total. The first-order chi connectivity index (χ1) is 8.60. The topological polar surface area (TPSA) is 55.6 Å². The van der Waals surface area contributed by atoms with Gasteiger partial charge in [-0.05, 0) is 26.2 Å². The van der Waals surface area contributed by atoms with Gasteiger partial charge < -0.3 is 15.4 Å². The van der Waals surface area contributed by atoms with Crippen molar-refractivity contribution < 1.29 is 9.53 Å². The lowest BCUT2D eigenvalue weighted by Crippen LogP contribution is -2.46. The van der Waals surface area contributed by atoms with E-state index in [1.165, 1.54) is 0 Å². The minimum Gasteiger partial charge on any atom is -0.393 e. The van der Waals surface area contributed by atoms with Gasteiger partial charge in [-0.15, -0.1) is 0 Å². The zero-order chi connectivity index (χ0) is 13.5. The molecule has 1 atom stereocenters. The molecule has 1 aliphatic rings. The Hall–Kier alpha value is -0.680. The molecule has 1 fully saturated rings. The molecular formula is C13H24N2O2S. The highest BCUT2D eigenvalue weighted by Gasteiger charge is 2.29. The first-order valence-corrected chi connectivity index (χ1v) is 7.20. The maximum Gasteiger partial charge on any atom is 0.232 e. The SMILES string of the molecule is CCCC(C(=O)N1CCC(OCC)CC1)C(N)=S. The van der Waals surface area contributed by atoms with Crippen LogP contribution in [0.3, 0.4) is 0 Å². The Balaban J connectivity index is 2.50. The van der Waals surface area contributed by atoms with Crippen LogP contribution in [-0.2, 0) is 9.53 Å². The molecular weight excluding hydrogens is 248 g/mol. The van der Waals surface area contributed by atoms with Crippen LogP contribution in [0, 0.1) is 5.92 Å². The summed E-state index contributed by atoms with van der Waals surface area (Å²) in [5.74, 6) is -0.187. The minimum absolute atomic E-state index is 0.0966. The van der Waals surface area contributed by atoms with Gasteiger partial charge in [0.2, 0.25) is 5.91 Å². The summed E-state index contributed by atoms with van der Waals surface area (Å²) in [5, 5.41) is 0. The van der Waals surface area contributed by atoms with E-state index >= 15 is 0 Å². The Morgan fingerprint density at radius 1 is 1.44 bits per heavy atom. The van der Waals surface area contributed by atoms with Gasteiger partial charge >= 0.3 is 0 Å². The number of carbonyl (C=O) groups excluding carboxylic acids is 1. The highest BCUT2D eigenvalue weighted by atomic mass is 32.1. The smallest absolute Gasteiger partial charge is 0.232 e. The predicted molar refractivity (Wildman–Crippen MR) is 76.4 cm³/mol. The third-order valence-corrected chi connectivity index (χ3v) is 3.66. The van der Waals surface area contributed by atoms with Crippen LogP contribution in [0.5, 0.6) is 0 Å². The van der Waals surface area contributed by atoms with Gasteiger partial charge in [-0.2, -0.15) is 0 Å². The van der Waals surface area contributed by atoms with Gasteiger partial charge in [0.05, 0.1) is 17.0 Å². The summed E-state index contributed by atoms with van der Waals surface area (Å²) >= 11 is 5.00. The largest absolute Gasteiger partial charge is 0.393 e. The number of likely N-dealkylation sites (tertiary alicyclic amines) is 1. The molecule has 1 unspecified atom stereocenters. The van der Waals surface area contributed by atoms with Crippen LogP contribution in [0.25, 0.3) is 0 Å². The van der Waals surface area contributed by atoms with Crippen LogP contribution in [0.1, 0.15) is 39.5 Å². The summed E-state index contributed by atoms with van der Waals surface area (Å²) in [6.07, 6.45) is 3.79. The van der Waals surface area contributed by atoms with Gasteiger partial charge in [-0.1, -0.05) is 25.6 Å². The molecule has 1 amide bonds. The van der Waals surface area contributed by atoms with E-state index in [1.54, 1.807) is 0 Å². The van der Waals surface area contributed by atoms with Crippen LogP contribution < -0.4 is 5.73 Å². The average molecular weight is 272 g/mol. The molecule has 0 aromatic rings. The van der Waals surface area contributed by atoms with E-state index < -0.39 is 0 Å². The zero-order valence-electron chi connectivity index (χ0n) is 11.4. The normalized spacial score (nSPS) is 18.7. The Morgan fingerprint density at radius 3 is 2.50 bits per heavy atom. The number of thiocarbonyl (C=S) groups is 1. The van der Waals surface area contributed by atoms with Crippen molar-refractivity contribution in [2.75, 3.05) is 19.7 Å². The Bertz CT molecular complexity index is 289. The number of hydrogen-bond donors (Lipinski definition) is 1. The maximum atomic E-state index is 12.3. The molecule has 1 aliphatic heterocycles. The van der Waals surface area contributed by atoms with Crippen LogP contribution in [0.4, 0.5) is 0 Å². The molecule has 0 spiro atoms. The molecule has 5 heteroatoms. The number of ether oxygens (including phenoxy) is 1. The lowest BCUT2D eigenvalue weighted by Gasteiger charge is -2.33. The fourth-order valence-electron chi connectivity index (χ4n) is 2.38. The molecule has 104 valence electrons. The van der Waals surface area contributed by atoms with E-state index in [0.29, 0.717) is 11.1 Å². The van der Waals surface area contributed by atoms with Gasteiger partial charge in [0, 0.05) is 19.7 Å². The predicted octanol–water partition coefficient (Wildman–Crippen LogP) is 1.72. The van der Waals surface area contributed by atoms with Crippen molar-refractivity contribution in [1.29, 1.82) is 0 Å². The number of piperidine rings is 1. The van der Waals surface area contributed by atoms with E-state index in [0.717, 1.165) is 45.4 Å². The van der Waals surface area contributed by atoms with Gasteiger partial charge in [0.25, 0.3) is 0 Å². The highest BCUT2D eigenvalue weighted by molar-refractivity contribution is 7.80. The summed E-state index contributed by atoms with van der Waals surface area (Å²) in [7, 11) is 0. The fourth-order valence-corrected chi connectivity index (χ4v) is 2.59. The number of hydrogen-bond acceptors (Lipinski definition) is 3. The van der Waals surface area contributed by atoms with E-state index in [9.17, 15) is 4.79 Å². The minimum atomic E-state index is -0.284. The van der Waals surface area contributed by atoms with Crippen molar-refractivity contribution in [2.24, 2.45) is 11.7 Å². The van der Waals surface area contributed by atoms with Crippen LogP contribution in [0.15, 0.2) is 0 Å². The zero-order valence-corrected chi connectivity index (χ0v) is 12.2. The lowest BCUT2D eigenvalue weighted by atomic mass is 9.99. The van der Waals surface area contributed by atoms with Crippen molar-refractivity contribution in [2.45, 2.75) is 45.6 Å². The molecule has 0 aromatic carbocycles. The number of carbonyl (C=O) groups is 1. The summed E-state index contributed by atoms with van der Waals surface area (Å²) < 4.78 is 5.58. The highest BCUT2D eigenvalue weighted by Crippen LogP contribution is 2.18. The van der Waals surface area contributed by atoms with Gasteiger partial charge in [-0.3, -0.25) is 4.79 Å². The van der Waals surface area contributed by atoms with Crippen molar-refractivity contribution in [3.05, 3.63) is 0 Å². The Labute approximate surface area is 115 Å². The molecule has 0 bridgehead atoms. The average Bonchev–Trinajstić information content (AvgIpc) is 2.36. The molecule has 18 heavy (non-hydrogen) atoms. The lowest BCUT2D eigenvalue weighted by molar-refractivity contribution is -0.136. The number of amides is 1. The summed E-state index contributed by atoms with van der Waals surface area (Å²) in [5.41, 5.74) is 5.66. The van der Waals surface area contributed by atoms with E-state index in [1.807, 2.05) is 18.7 Å². The van der Waals surface area contributed by atoms with Crippen LogP contribution >= 0.6 is 12.2 Å². The second-order valence-electron chi connectivity index (χ2n) is 4.72. The summed E-state index contributed by atoms with van der Waals surface area (Å²) in [6, 6.07) is 0. The molecule has 0 aromatic heterocycles. The first kappa shape index (κ1) is 15.4. The van der Waals surface area contributed by atoms with E-state index in [2.05, 4.69) is 0 Å². The Kier molecular flexibility index (Phi) is 6.57. The monoisotopic (exact) mass is 272 g/mol. The standard InChI is InChI=1S/C13H24N2O2S/c1-3-5-11(12(14)18)13(16)15-8-6-10(7-9-15)17-4-2/h10-11H,3-9H2,1-2H3,(H2,14,18). The van der Waals surface area contributed by atoms with Gasteiger partial charge in [0.1, 0.15) is 0 Å². The molecule has 0 radical (unpaired) electrons. The van der Waals surface area contributed by atoms with Crippen molar-refractivity contribution in [3.63, 3.8) is 0 Å². The fraction of sp³-hybridized carbons (Fsp3) is 0.846. The second kappa shape index (κ2) is 7.69. The number of rotatable bonds is 6. The van der Waals surface area contributed by atoms with Crippen molar-refractivity contribution >= 4 is 23.1 Å². The van der Waals surface area contributed by atoms with E-state index in [4.69, 9.17) is 22.7 Å². The first-order valence-electron chi connectivity index (χ1n) is 6.79. The second-order valence-corrected chi connectivity index (χ2v) is 5.20. The van der Waals surface area contributed by atoms with Crippen LogP contribution in [0.2, 0.25) is 0 Å². The summed E-state index contributed by atoms with van der Waals surface area (Å²) in [6.45, 7) is 6.30. The molecule has 1 rings (SSSR count). The molecule has 0 saturated carbocycles. The molecule has 1 saturated heterocycles. The van der Waals surface area contributed by atoms with Crippen molar-refractivity contribution in [3.8, 4) is 0 Å². The van der Waals surface area contributed by atoms with Crippen LogP contribution in [-0.4, -0.2) is 41.6 Å². The third kappa shape index (κ3) is 4.21. The van der Waals surface area contributed by atoms with Crippen molar-refractivity contribution in [1.82, 2.24) is 4.90 Å². The quantitative estimate of drug-likeness (QED) is 0.748. The maximum absolute atomic E-state index is 12.3. The summed E-state index contributed by atoms with van der Waals surface area (Å²) in [4.78, 5) is 14.5. The van der Waals surface area contributed by atoms with Gasteiger partial charge in [0.15, 0.2) is 0 Å². The molecule has 2 N–H and O–H groups in total. The number of nitrogens with zero attached hydrogens (tertiary/aromatic N) is 1. The number of nitrogens with two attached hydrogens (primary N) is 1. The van der Waals surface area contributed by atoms with Gasteiger partial charge in [-0.25, -0.2) is 0 Å². The molecule has 0 aliphatic carbocycles. The molecule has 1 heterocycles. The van der Waals surface area contributed by atoms with E-state index in [-0.39, 0.29) is 11.8 Å². The Morgan fingerprint density at radius 2 is 2.06 bits per heavy atom. The third-order valence-electron chi connectivity index (χ3n) is 3.37.